The number of ether oxygens (including phenoxy) is 1. The SMILES string of the molecule is FC(F)(F)/C(=C\O/C=C(/c1ccccc1)C(F)(F)F)c1ccccc1. The van der Waals surface area contributed by atoms with Gasteiger partial charge >= 0.3 is 12.4 Å². The van der Waals surface area contributed by atoms with Crippen LogP contribution in [0.15, 0.2) is 73.2 Å². The molecule has 2 rings (SSSR count). The molecule has 0 aliphatic heterocycles. The summed E-state index contributed by atoms with van der Waals surface area (Å²) >= 11 is 0. The van der Waals surface area contributed by atoms with Crippen molar-refractivity contribution >= 4 is 11.1 Å². The van der Waals surface area contributed by atoms with Gasteiger partial charge in [0.15, 0.2) is 0 Å². The van der Waals surface area contributed by atoms with Gasteiger partial charge in [-0.3, -0.25) is 0 Å². The molecule has 0 aliphatic carbocycles. The summed E-state index contributed by atoms with van der Waals surface area (Å²) in [6.07, 6.45) is -9.02. The molecule has 7 heteroatoms. The Balaban J connectivity index is 2.37. The molecule has 0 heterocycles. The highest BCUT2D eigenvalue weighted by molar-refractivity contribution is 5.70. The summed E-state index contributed by atoms with van der Waals surface area (Å²) < 4.78 is 83.1. The number of hydrogen-bond acceptors (Lipinski definition) is 1. The molecule has 132 valence electrons. The topological polar surface area (TPSA) is 9.23 Å². The number of allylic oxidation sites excluding steroid dienone is 2. The first-order valence-electron chi connectivity index (χ1n) is 7.00. The van der Waals surface area contributed by atoms with Gasteiger partial charge in [0.25, 0.3) is 0 Å². The first-order valence-corrected chi connectivity index (χ1v) is 7.00. The van der Waals surface area contributed by atoms with E-state index in [0.717, 1.165) is 0 Å². The van der Waals surface area contributed by atoms with Gasteiger partial charge < -0.3 is 4.74 Å². The monoisotopic (exact) mass is 358 g/mol. The summed E-state index contributed by atoms with van der Waals surface area (Å²) in [5, 5.41) is 0. The van der Waals surface area contributed by atoms with Gasteiger partial charge in [-0.25, -0.2) is 0 Å². The summed E-state index contributed by atoms with van der Waals surface area (Å²) in [6.45, 7) is 0. The van der Waals surface area contributed by atoms with Crippen LogP contribution in [0.4, 0.5) is 26.3 Å². The number of alkyl halides is 6. The molecule has 1 nitrogen and oxygen atoms in total. The van der Waals surface area contributed by atoms with Crippen LogP contribution < -0.4 is 0 Å². The molecule has 0 aromatic heterocycles. The predicted octanol–water partition coefficient (Wildman–Crippen LogP) is 6.21. The van der Waals surface area contributed by atoms with E-state index in [1.54, 1.807) is 0 Å². The van der Waals surface area contributed by atoms with E-state index in [1.807, 2.05) is 0 Å². The summed E-state index contributed by atoms with van der Waals surface area (Å²) in [7, 11) is 0. The van der Waals surface area contributed by atoms with Gasteiger partial charge in [-0.15, -0.1) is 0 Å². The first kappa shape index (κ1) is 18.6. The molecule has 0 bridgehead atoms. The minimum absolute atomic E-state index is 0.211. The third-order valence-corrected chi connectivity index (χ3v) is 3.15. The predicted molar refractivity (Wildman–Crippen MR) is 82.0 cm³/mol. The number of rotatable bonds is 4. The first-order chi connectivity index (χ1) is 11.7. The molecule has 0 fully saturated rings. The molecule has 0 N–H and O–H groups in total. The molecule has 0 saturated carbocycles. The smallest absolute Gasteiger partial charge is 0.419 e. The van der Waals surface area contributed by atoms with E-state index >= 15 is 0 Å². The second kappa shape index (κ2) is 7.46. The van der Waals surface area contributed by atoms with Crippen molar-refractivity contribution in [3.63, 3.8) is 0 Å². The van der Waals surface area contributed by atoms with E-state index in [2.05, 4.69) is 4.74 Å². The van der Waals surface area contributed by atoms with Gasteiger partial charge in [-0.1, -0.05) is 60.7 Å². The molecular formula is C18H12F6O. The Morgan fingerprint density at radius 1 is 0.600 bits per heavy atom. The van der Waals surface area contributed by atoms with E-state index in [1.165, 1.54) is 60.7 Å². The highest BCUT2D eigenvalue weighted by atomic mass is 19.4. The average Bonchev–Trinajstić information content (AvgIpc) is 2.54. The van der Waals surface area contributed by atoms with E-state index in [-0.39, 0.29) is 23.7 Å². The molecule has 0 radical (unpaired) electrons. The quantitative estimate of drug-likeness (QED) is 0.466. The van der Waals surface area contributed by atoms with Crippen LogP contribution in [0.1, 0.15) is 11.1 Å². The van der Waals surface area contributed by atoms with E-state index in [0.29, 0.717) is 0 Å². The van der Waals surface area contributed by atoms with E-state index in [4.69, 9.17) is 0 Å². The van der Waals surface area contributed by atoms with E-state index < -0.39 is 23.5 Å². The average molecular weight is 358 g/mol. The Labute approximate surface area is 139 Å². The van der Waals surface area contributed by atoms with Gasteiger partial charge in [-0.2, -0.15) is 26.3 Å². The molecule has 0 saturated heterocycles. The van der Waals surface area contributed by atoms with Gasteiger partial charge in [0, 0.05) is 0 Å². The molecule has 25 heavy (non-hydrogen) atoms. The zero-order valence-electron chi connectivity index (χ0n) is 12.6. The minimum atomic E-state index is -4.78. The molecule has 0 spiro atoms. The lowest BCUT2D eigenvalue weighted by molar-refractivity contribution is -0.0703. The summed E-state index contributed by atoms with van der Waals surface area (Å²) in [5.74, 6) is 0. The molecule has 0 amide bonds. The minimum Gasteiger partial charge on any atom is -0.471 e. The fraction of sp³-hybridized carbons (Fsp3) is 0.111. The number of benzene rings is 2. The van der Waals surface area contributed by atoms with Crippen molar-refractivity contribution in [1.82, 2.24) is 0 Å². The maximum Gasteiger partial charge on any atom is 0.419 e. The standard InChI is InChI=1S/C18H12F6O/c19-17(20,21)15(13-7-3-1-4-8-13)11-25-12-16(18(22,23)24)14-9-5-2-6-10-14/h1-12H/b15-11-,16-12-. The third-order valence-electron chi connectivity index (χ3n) is 3.15. The molecule has 2 aromatic rings. The highest BCUT2D eigenvalue weighted by Gasteiger charge is 2.37. The largest absolute Gasteiger partial charge is 0.471 e. The fourth-order valence-corrected chi connectivity index (χ4v) is 2.00. The van der Waals surface area contributed by atoms with Crippen LogP contribution >= 0.6 is 0 Å². The van der Waals surface area contributed by atoms with Crippen molar-refractivity contribution in [3.8, 4) is 0 Å². The summed E-state index contributed by atoms with van der Waals surface area (Å²) in [4.78, 5) is 0. The van der Waals surface area contributed by atoms with Crippen molar-refractivity contribution in [2.75, 3.05) is 0 Å². The summed E-state index contributed by atoms with van der Waals surface area (Å²) in [6, 6.07) is 13.3. The Morgan fingerprint density at radius 2 is 0.920 bits per heavy atom. The van der Waals surface area contributed by atoms with Crippen molar-refractivity contribution in [2.24, 2.45) is 0 Å². The zero-order chi connectivity index (χ0) is 18.5. The highest BCUT2D eigenvalue weighted by Crippen LogP contribution is 2.36. The van der Waals surface area contributed by atoms with Crippen LogP contribution in [0.3, 0.4) is 0 Å². The molecule has 0 aliphatic rings. The molecule has 0 atom stereocenters. The second-order valence-corrected chi connectivity index (χ2v) is 4.93. The van der Waals surface area contributed by atoms with Gasteiger partial charge in [0.05, 0.1) is 11.1 Å². The summed E-state index contributed by atoms with van der Waals surface area (Å²) in [5.41, 5.74) is -2.79. The molecule has 0 unspecified atom stereocenters. The lowest BCUT2D eigenvalue weighted by Crippen LogP contribution is -2.12. The van der Waals surface area contributed by atoms with Crippen molar-refractivity contribution in [3.05, 3.63) is 84.3 Å². The fourth-order valence-electron chi connectivity index (χ4n) is 2.00. The third kappa shape index (κ3) is 5.14. The van der Waals surface area contributed by atoms with Crippen LogP contribution in [0.2, 0.25) is 0 Å². The van der Waals surface area contributed by atoms with Crippen LogP contribution in [-0.4, -0.2) is 12.4 Å². The Bertz CT molecular complexity index is 677. The van der Waals surface area contributed by atoms with Gasteiger partial charge in [0.2, 0.25) is 0 Å². The van der Waals surface area contributed by atoms with Gasteiger partial charge in [0.1, 0.15) is 12.5 Å². The molecular weight excluding hydrogens is 346 g/mol. The van der Waals surface area contributed by atoms with Crippen LogP contribution in [0, 0.1) is 0 Å². The second-order valence-electron chi connectivity index (χ2n) is 4.93. The van der Waals surface area contributed by atoms with Crippen LogP contribution in [0.5, 0.6) is 0 Å². The molecule has 2 aromatic carbocycles. The maximum absolute atomic E-state index is 13.1. The number of halogens is 6. The van der Waals surface area contributed by atoms with Crippen LogP contribution in [-0.2, 0) is 4.74 Å². The van der Waals surface area contributed by atoms with Gasteiger partial charge in [-0.05, 0) is 11.1 Å². The Hall–Kier alpha value is -2.70. The lowest BCUT2D eigenvalue weighted by Gasteiger charge is -2.13. The van der Waals surface area contributed by atoms with Crippen molar-refractivity contribution in [2.45, 2.75) is 12.4 Å². The van der Waals surface area contributed by atoms with Crippen molar-refractivity contribution < 1.29 is 31.1 Å². The zero-order valence-corrected chi connectivity index (χ0v) is 12.6. The number of hydrogen-bond donors (Lipinski definition) is 0. The van der Waals surface area contributed by atoms with Crippen LogP contribution in [0.25, 0.3) is 11.1 Å². The lowest BCUT2D eigenvalue weighted by atomic mass is 10.1. The Morgan fingerprint density at radius 3 is 1.20 bits per heavy atom. The Kier molecular flexibility index (Phi) is 5.56. The van der Waals surface area contributed by atoms with Crippen molar-refractivity contribution in [1.29, 1.82) is 0 Å². The maximum atomic E-state index is 13.1. The van der Waals surface area contributed by atoms with E-state index in [9.17, 15) is 26.3 Å². The normalized spacial score (nSPS) is 13.7.